The van der Waals surface area contributed by atoms with E-state index < -0.39 is 32.0 Å². The van der Waals surface area contributed by atoms with Gasteiger partial charge in [0.15, 0.2) is 9.84 Å². The Kier molecular flexibility index (Phi) is 5.83. The molecule has 0 radical (unpaired) electrons. The van der Waals surface area contributed by atoms with E-state index in [4.69, 9.17) is 0 Å². The molecule has 3 aliphatic rings. The Hall–Kier alpha value is -2.85. The van der Waals surface area contributed by atoms with Crippen LogP contribution in [-0.4, -0.2) is 53.6 Å². The highest BCUT2D eigenvalue weighted by Crippen LogP contribution is 2.47. The fraction of sp³-hybridized carbons (Fsp3) is 0.462. The first-order valence-corrected chi connectivity index (χ1v) is 14.0. The van der Waals surface area contributed by atoms with Crippen molar-refractivity contribution in [3.63, 3.8) is 0 Å². The highest BCUT2D eigenvalue weighted by Gasteiger charge is 2.47. The highest BCUT2D eigenvalue weighted by molar-refractivity contribution is 7.92. The van der Waals surface area contributed by atoms with Crippen molar-refractivity contribution >= 4 is 15.5 Å². The zero-order valence-corrected chi connectivity index (χ0v) is 20.8. The number of nitrogens with zero attached hydrogens (tertiary/aromatic N) is 4. The number of rotatable bonds is 5. The topological polar surface area (TPSA) is 80.1 Å². The number of nitrogens with one attached hydrogen (secondary N) is 1. The number of piperidine rings is 1. The molecule has 1 aliphatic carbocycles. The number of fused-ring (bicyclic) bond motifs is 2. The molecule has 3 heterocycles. The minimum absolute atomic E-state index is 0.0787. The van der Waals surface area contributed by atoms with Gasteiger partial charge >= 0.3 is 0 Å². The van der Waals surface area contributed by atoms with Gasteiger partial charge in [-0.1, -0.05) is 30.3 Å². The lowest BCUT2D eigenvalue weighted by molar-refractivity contribution is 0.364. The predicted octanol–water partition coefficient (Wildman–Crippen LogP) is 3.46. The van der Waals surface area contributed by atoms with Crippen molar-refractivity contribution in [1.82, 2.24) is 20.1 Å². The average Bonchev–Trinajstić information content (AvgIpc) is 3.61. The second kappa shape index (κ2) is 8.92. The first-order valence-electron chi connectivity index (χ1n) is 12.4. The number of sulfone groups is 1. The lowest BCUT2D eigenvalue weighted by Crippen LogP contribution is -2.53. The van der Waals surface area contributed by atoms with E-state index in [2.05, 4.69) is 15.5 Å². The molecule has 190 valence electrons. The van der Waals surface area contributed by atoms with Gasteiger partial charge in [0.25, 0.3) is 0 Å². The second-order valence-corrected chi connectivity index (χ2v) is 12.7. The minimum Gasteiger partial charge on any atom is -0.366 e. The van der Waals surface area contributed by atoms with Crippen LogP contribution in [0.15, 0.2) is 55.1 Å². The summed E-state index contributed by atoms with van der Waals surface area (Å²) < 4.78 is 59.8. The lowest BCUT2D eigenvalue weighted by Gasteiger charge is -2.36. The summed E-state index contributed by atoms with van der Waals surface area (Å²) in [6, 6.07) is 11.5. The summed E-state index contributed by atoms with van der Waals surface area (Å²) in [6.45, 7) is 2.73. The van der Waals surface area contributed by atoms with Crippen LogP contribution < -0.4 is 10.2 Å². The van der Waals surface area contributed by atoms with Crippen molar-refractivity contribution in [1.29, 1.82) is 0 Å². The van der Waals surface area contributed by atoms with Crippen molar-refractivity contribution in [2.24, 2.45) is 5.92 Å². The largest absolute Gasteiger partial charge is 0.366 e. The first kappa shape index (κ1) is 23.5. The van der Waals surface area contributed by atoms with Crippen molar-refractivity contribution in [3.05, 3.63) is 77.9 Å². The van der Waals surface area contributed by atoms with Gasteiger partial charge in [0.2, 0.25) is 0 Å². The van der Waals surface area contributed by atoms with Crippen LogP contribution in [0.25, 0.3) is 0 Å². The fourth-order valence-corrected chi connectivity index (χ4v) is 8.81. The molecule has 0 spiro atoms. The van der Waals surface area contributed by atoms with E-state index in [-0.39, 0.29) is 35.8 Å². The van der Waals surface area contributed by atoms with Gasteiger partial charge < -0.3 is 14.8 Å². The molecular weight excluding hydrogens is 484 g/mol. The molecule has 6 atom stereocenters. The third-order valence-corrected chi connectivity index (χ3v) is 11.0. The molecule has 1 saturated carbocycles. The zero-order valence-electron chi connectivity index (χ0n) is 20.0. The minimum atomic E-state index is -3.63. The molecule has 10 heteroatoms. The monoisotopic (exact) mass is 513 g/mol. The molecule has 3 aromatic rings. The predicted molar refractivity (Wildman–Crippen MR) is 132 cm³/mol. The van der Waals surface area contributed by atoms with E-state index in [1.54, 1.807) is 31.7 Å². The van der Waals surface area contributed by atoms with Crippen molar-refractivity contribution in [3.8, 4) is 0 Å². The molecule has 1 unspecified atom stereocenters. The first-order chi connectivity index (χ1) is 17.3. The normalized spacial score (nSPS) is 31.1. The van der Waals surface area contributed by atoms with Crippen LogP contribution in [0.4, 0.5) is 14.5 Å². The summed E-state index contributed by atoms with van der Waals surface area (Å²) in [5, 5.41) is 9.47. The van der Waals surface area contributed by atoms with E-state index >= 15 is 8.78 Å². The summed E-state index contributed by atoms with van der Waals surface area (Å²) >= 11 is 0. The number of aromatic nitrogens is 3. The molecule has 3 fully saturated rings. The van der Waals surface area contributed by atoms with Crippen LogP contribution in [0.2, 0.25) is 0 Å². The maximum Gasteiger partial charge on any atom is 0.163 e. The van der Waals surface area contributed by atoms with Gasteiger partial charge in [-0.3, -0.25) is 0 Å². The van der Waals surface area contributed by atoms with Crippen molar-refractivity contribution < 1.29 is 17.2 Å². The van der Waals surface area contributed by atoms with Crippen LogP contribution in [0, 0.1) is 17.6 Å². The highest BCUT2D eigenvalue weighted by atomic mass is 32.2. The van der Waals surface area contributed by atoms with Gasteiger partial charge in [0, 0.05) is 37.3 Å². The smallest absolute Gasteiger partial charge is 0.163 e. The van der Waals surface area contributed by atoms with Gasteiger partial charge in [0.1, 0.15) is 24.3 Å². The maximum atomic E-state index is 15.4. The van der Waals surface area contributed by atoms with Gasteiger partial charge in [-0.25, -0.2) is 17.2 Å². The van der Waals surface area contributed by atoms with E-state index in [1.165, 1.54) is 12.1 Å². The molecule has 2 saturated heterocycles. The van der Waals surface area contributed by atoms with Gasteiger partial charge in [0.05, 0.1) is 16.2 Å². The van der Waals surface area contributed by atoms with Crippen LogP contribution in [0.3, 0.4) is 0 Å². The van der Waals surface area contributed by atoms with E-state index in [0.29, 0.717) is 24.6 Å². The zero-order chi connectivity index (χ0) is 25.0. The van der Waals surface area contributed by atoms with Gasteiger partial charge in [-0.2, -0.15) is 0 Å². The molecule has 7 nitrogen and oxygen atoms in total. The molecule has 2 aromatic carbocycles. The molecule has 6 rings (SSSR count). The van der Waals surface area contributed by atoms with Gasteiger partial charge in [-0.15, -0.1) is 10.2 Å². The number of hydrogen-bond donors (Lipinski definition) is 1. The van der Waals surface area contributed by atoms with E-state index in [9.17, 15) is 8.42 Å². The summed E-state index contributed by atoms with van der Waals surface area (Å²) in [5.41, 5.74) is 1.06. The van der Waals surface area contributed by atoms with Crippen molar-refractivity contribution in [2.75, 3.05) is 18.0 Å². The Morgan fingerprint density at radius 1 is 1.06 bits per heavy atom. The summed E-state index contributed by atoms with van der Waals surface area (Å²) in [7, 11) is -3.63. The van der Waals surface area contributed by atoms with Gasteiger partial charge in [-0.05, 0) is 49.3 Å². The Labute approximate surface area is 209 Å². The molecule has 1 N–H and O–H groups in total. The lowest BCUT2D eigenvalue weighted by atomic mass is 10.0. The number of anilines is 1. The standard InChI is InChI=1S/C26H29F2N5O2S/c1-16-25(36(34,35)26(12-29-16)17-5-3-2-4-6-17)9-18-8-22(28)24(11-21(18)27)33-13-19-7-20(33)10-23(19)32-14-30-31-15-32/h2-6,8,11,14-16,19-20,23,25-26,29H,7,9-10,12-13H2,1H3/t16-,19+,20+,23+,25?,26-/m0/s1. The Morgan fingerprint density at radius 3 is 2.50 bits per heavy atom. The maximum absolute atomic E-state index is 15.4. The Bertz CT molecular complexity index is 1350. The van der Waals surface area contributed by atoms with Crippen LogP contribution in [0.1, 0.15) is 42.2 Å². The van der Waals surface area contributed by atoms with Crippen molar-refractivity contribution in [2.45, 2.75) is 54.8 Å². The average molecular weight is 514 g/mol. The van der Waals surface area contributed by atoms with Crippen LogP contribution in [0.5, 0.6) is 0 Å². The van der Waals surface area contributed by atoms with Crippen LogP contribution in [-0.2, 0) is 16.3 Å². The summed E-state index contributed by atoms with van der Waals surface area (Å²) in [4.78, 5) is 1.96. The molecule has 0 amide bonds. The molecule has 36 heavy (non-hydrogen) atoms. The summed E-state index contributed by atoms with van der Waals surface area (Å²) in [5.74, 6) is -0.746. The fourth-order valence-electron chi connectivity index (χ4n) is 6.44. The number of hydrogen-bond acceptors (Lipinski definition) is 6. The Balaban J connectivity index is 1.23. The number of benzene rings is 2. The van der Waals surface area contributed by atoms with E-state index in [0.717, 1.165) is 12.8 Å². The van der Waals surface area contributed by atoms with E-state index in [1.807, 2.05) is 27.7 Å². The van der Waals surface area contributed by atoms with Crippen LogP contribution >= 0.6 is 0 Å². The molecule has 1 aromatic heterocycles. The third kappa shape index (κ3) is 3.91. The second-order valence-electron chi connectivity index (χ2n) is 10.3. The third-order valence-electron chi connectivity index (χ3n) is 8.34. The molecule has 2 aliphatic heterocycles. The SMILES string of the molecule is C[C@@H]1NC[C@@H](c2ccccc2)S(=O)(=O)C1Cc1cc(F)c(N2C[C@H]3C[C@@H]2C[C@H]3n2cnnc2)cc1F. The number of halogens is 2. The molecule has 2 bridgehead atoms. The Morgan fingerprint density at radius 2 is 1.81 bits per heavy atom. The summed E-state index contributed by atoms with van der Waals surface area (Å²) in [6.07, 6.45) is 5.08. The molecular formula is C26H29F2N5O2S. The quantitative estimate of drug-likeness (QED) is 0.563.